The molecule has 1 fully saturated rings. The molecular weight excluding hydrogens is 318 g/mol. The van der Waals surface area contributed by atoms with Crippen molar-refractivity contribution in [2.45, 2.75) is 44.7 Å². The molecule has 1 saturated heterocycles. The molecule has 2 rings (SSSR count). The summed E-state index contributed by atoms with van der Waals surface area (Å²) in [6.07, 6.45) is 0.241. The van der Waals surface area contributed by atoms with E-state index in [1.54, 1.807) is 38.7 Å². The van der Waals surface area contributed by atoms with E-state index in [9.17, 15) is 13.2 Å². The molecular formula is C15H23N3O4S. The standard InChI is InChI=1S/C15H23N3O4S/c1-11-5-6-13(17-16-11)23(20,21)10-12-7-8-18(9-12)14(19)22-15(2,3)4/h5-6,12H,7-10H2,1-4H3/t12-/m0/s1. The van der Waals surface area contributed by atoms with Crippen LogP contribution in [-0.4, -0.2) is 54.1 Å². The minimum absolute atomic E-state index is 0.0150. The van der Waals surface area contributed by atoms with Crippen molar-refractivity contribution in [2.75, 3.05) is 18.8 Å². The molecule has 128 valence electrons. The van der Waals surface area contributed by atoms with Crippen LogP contribution >= 0.6 is 0 Å². The van der Waals surface area contributed by atoms with Crippen LogP contribution in [0.4, 0.5) is 4.79 Å². The van der Waals surface area contributed by atoms with Crippen molar-refractivity contribution in [2.24, 2.45) is 5.92 Å². The van der Waals surface area contributed by atoms with Gasteiger partial charge < -0.3 is 9.64 Å². The van der Waals surface area contributed by atoms with Crippen LogP contribution in [0.5, 0.6) is 0 Å². The molecule has 8 heteroatoms. The Morgan fingerprint density at radius 1 is 1.35 bits per heavy atom. The van der Waals surface area contributed by atoms with Crippen molar-refractivity contribution in [3.8, 4) is 0 Å². The maximum Gasteiger partial charge on any atom is 0.410 e. The van der Waals surface area contributed by atoms with E-state index in [1.165, 1.54) is 6.07 Å². The molecule has 0 spiro atoms. The highest BCUT2D eigenvalue weighted by Crippen LogP contribution is 2.22. The molecule has 1 aromatic rings. The second kappa shape index (κ2) is 6.43. The maximum atomic E-state index is 12.4. The lowest BCUT2D eigenvalue weighted by molar-refractivity contribution is 0.0289. The first kappa shape index (κ1) is 17.7. The average Bonchev–Trinajstić information content (AvgIpc) is 2.85. The minimum Gasteiger partial charge on any atom is -0.444 e. The Kier molecular flexibility index (Phi) is 4.93. The largest absolute Gasteiger partial charge is 0.444 e. The third-order valence-corrected chi connectivity index (χ3v) is 5.25. The normalized spacial score (nSPS) is 19.0. The van der Waals surface area contributed by atoms with Gasteiger partial charge in [-0.1, -0.05) is 0 Å². The third kappa shape index (κ3) is 4.89. The third-order valence-electron chi connectivity index (χ3n) is 3.48. The summed E-state index contributed by atoms with van der Waals surface area (Å²) in [6, 6.07) is 3.10. The van der Waals surface area contributed by atoms with E-state index >= 15 is 0 Å². The number of sulfone groups is 1. The Hall–Kier alpha value is -1.70. The Balaban J connectivity index is 1.97. The van der Waals surface area contributed by atoms with Crippen LogP contribution in [0.2, 0.25) is 0 Å². The molecule has 1 aliphatic rings. The number of hydrogen-bond acceptors (Lipinski definition) is 6. The van der Waals surface area contributed by atoms with Gasteiger partial charge in [-0.15, -0.1) is 5.10 Å². The molecule has 0 radical (unpaired) electrons. The lowest BCUT2D eigenvalue weighted by Crippen LogP contribution is -2.35. The maximum absolute atomic E-state index is 12.4. The van der Waals surface area contributed by atoms with Gasteiger partial charge in [0.05, 0.1) is 11.4 Å². The molecule has 1 aromatic heterocycles. The van der Waals surface area contributed by atoms with E-state index in [4.69, 9.17) is 4.74 Å². The second-order valence-corrected chi connectivity index (χ2v) is 8.86. The molecule has 1 amide bonds. The van der Waals surface area contributed by atoms with Crippen LogP contribution < -0.4 is 0 Å². The van der Waals surface area contributed by atoms with Crippen LogP contribution in [0.25, 0.3) is 0 Å². The Bertz CT molecular complexity index is 665. The predicted molar refractivity (Wildman–Crippen MR) is 84.7 cm³/mol. The number of likely N-dealkylation sites (tertiary alicyclic amines) is 1. The fourth-order valence-electron chi connectivity index (χ4n) is 2.41. The number of carbonyl (C=O) groups is 1. The second-order valence-electron chi connectivity index (χ2n) is 6.88. The van der Waals surface area contributed by atoms with Crippen molar-refractivity contribution < 1.29 is 17.9 Å². The quantitative estimate of drug-likeness (QED) is 0.833. The topological polar surface area (TPSA) is 89.5 Å². The van der Waals surface area contributed by atoms with Crippen molar-refractivity contribution in [1.82, 2.24) is 15.1 Å². The number of aryl methyl sites for hydroxylation is 1. The number of rotatable bonds is 3. The van der Waals surface area contributed by atoms with Gasteiger partial charge in [-0.2, -0.15) is 5.10 Å². The zero-order valence-corrected chi connectivity index (χ0v) is 14.8. The van der Waals surface area contributed by atoms with Gasteiger partial charge in [0, 0.05) is 13.1 Å². The van der Waals surface area contributed by atoms with E-state index in [0.717, 1.165) is 0 Å². The molecule has 7 nitrogen and oxygen atoms in total. The summed E-state index contributed by atoms with van der Waals surface area (Å²) in [4.78, 5) is 13.6. The van der Waals surface area contributed by atoms with Crippen molar-refractivity contribution in [3.63, 3.8) is 0 Å². The predicted octanol–water partition coefficient (Wildman–Crippen LogP) is 1.82. The van der Waals surface area contributed by atoms with Crippen LogP contribution in [-0.2, 0) is 14.6 Å². The van der Waals surface area contributed by atoms with Gasteiger partial charge in [0.1, 0.15) is 5.60 Å². The van der Waals surface area contributed by atoms with E-state index < -0.39 is 21.5 Å². The first-order chi connectivity index (χ1) is 10.6. The molecule has 0 aromatic carbocycles. The zero-order chi connectivity index (χ0) is 17.3. The number of nitrogens with zero attached hydrogens (tertiary/aromatic N) is 3. The zero-order valence-electron chi connectivity index (χ0n) is 13.9. The minimum atomic E-state index is -3.50. The summed E-state index contributed by atoms with van der Waals surface area (Å²) in [5, 5.41) is 7.53. The molecule has 0 unspecified atom stereocenters. The summed E-state index contributed by atoms with van der Waals surface area (Å²) in [7, 11) is -3.50. The van der Waals surface area contributed by atoms with Crippen LogP contribution in [0.15, 0.2) is 17.2 Å². The lowest BCUT2D eigenvalue weighted by atomic mass is 10.2. The summed E-state index contributed by atoms with van der Waals surface area (Å²) in [6.45, 7) is 8.05. The van der Waals surface area contributed by atoms with Crippen LogP contribution in [0.3, 0.4) is 0 Å². The molecule has 0 N–H and O–H groups in total. The van der Waals surface area contributed by atoms with E-state index in [2.05, 4.69) is 10.2 Å². The van der Waals surface area contributed by atoms with Gasteiger partial charge in [-0.05, 0) is 52.2 Å². The fourth-order valence-corrected chi connectivity index (χ4v) is 3.91. The molecule has 1 atom stereocenters. The van der Waals surface area contributed by atoms with E-state index in [-0.39, 0.29) is 16.7 Å². The lowest BCUT2D eigenvalue weighted by Gasteiger charge is -2.24. The van der Waals surface area contributed by atoms with Gasteiger partial charge >= 0.3 is 6.09 Å². The van der Waals surface area contributed by atoms with E-state index in [0.29, 0.717) is 25.2 Å². The van der Waals surface area contributed by atoms with Gasteiger partial charge in [-0.25, -0.2) is 13.2 Å². The van der Waals surface area contributed by atoms with Crippen LogP contribution in [0, 0.1) is 12.8 Å². The number of ether oxygens (including phenoxy) is 1. The van der Waals surface area contributed by atoms with Gasteiger partial charge in [0.15, 0.2) is 14.9 Å². The summed E-state index contributed by atoms with van der Waals surface area (Å²) < 4.78 is 30.0. The van der Waals surface area contributed by atoms with Gasteiger partial charge in [-0.3, -0.25) is 0 Å². The van der Waals surface area contributed by atoms with Gasteiger partial charge in [0.25, 0.3) is 0 Å². The highest BCUT2D eigenvalue weighted by Gasteiger charge is 2.33. The highest BCUT2D eigenvalue weighted by molar-refractivity contribution is 7.91. The number of aromatic nitrogens is 2. The van der Waals surface area contributed by atoms with Crippen molar-refractivity contribution >= 4 is 15.9 Å². The molecule has 0 saturated carbocycles. The van der Waals surface area contributed by atoms with Crippen molar-refractivity contribution in [1.29, 1.82) is 0 Å². The average molecular weight is 341 g/mol. The highest BCUT2D eigenvalue weighted by atomic mass is 32.2. The van der Waals surface area contributed by atoms with Gasteiger partial charge in [0.2, 0.25) is 0 Å². The van der Waals surface area contributed by atoms with Crippen molar-refractivity contribution in [3.05, 3.63) is 17.8 Å². The number of hydrogen-bond donors (Lipinski definition) is 0. The summed E-state index contributed by atoms with van der Waals surface area (Å²) in [5.41, 5.74) is 0.111. The first-order valence-electron chi connectivity index (χ1n) is 7.58. The Morgan fingerprint density at radius 3 is 2.61 bits per heavy atom. The smallest absolute Gasteiger partial charge is 0.410 e. The summed E-state index contributed by atoms with van der Waals surface area (Å²) in [5.74, 6) is -0.153. The molecule has 0 aliphatic carbocycles. The molecule has 23 heavy (non-hydrogen) atoms. The molecule has 1 aliphatic heterocycles. The van der Waals surface area contributed by atoms with Crippen LogP contribution in [0.1, 0.15) is 32.9 Å². The molecule has 2 heterocycles. The number of amides is 1. The SMILES string of the molecule is Cc1ccc(S(=O)(=O)C[C@H]2CCN(C(=O)OC(C)(C)C)C2)nn1. The van der Waals surface area contributed by atoms with E-state index in [1.807, 2.05) is 0 Å². The number of carbonyl (C=O) groups excluding carboxylic acids is 1. The first-order valence-corrected chi connectivity index (χ1v) is 9.23. The monoisotopic (exact) mass is 341 g/mol. The Morgan fingerprint density at radius 2 is 2.04 bits per heavy atom. The summed E-state index contributed by atoms with van der Waals surface area (Å²) >= 11 is 0. The Labute approximate surface area is 137 Å². The fraction of sp³-hybridized carbons (Fsp3) is 0.667. The molecule has 0 bridgehead atoms.